The molecule has 7 heteroatoms. The van der Waals surface area contributed by atoms with Gasteiger partial charge in [-0.2, -0.15) is 0 Å². The third-order valence-corrected chi connectivity index (χ3v) is 12.1. The van der Waals surface area contributed by atoms with Crippen LogP contribution in [0.1, 0.15) is 111 Å². The minimum atomic E-state index is -0.989. The van der Waals surface area contributed by atoms with E-state index in [1.54, 1.807) is 18.0 Å². The van der Waals surface area contributed by atoms with Crippen molar-refractivity contribution in [3.05, 3.63) is 59.7 Å². The number of thioether (sulfide) groups is 1. The second-order valence-electron chi connectivity index (χ2n) is 12.9. The fourth-order valence-electron chi connectivity index (χ4n) is 8.02. The lowest BCUT2D eigenvalue weighted by atomic mass is 9.75. The Balaban J connectivity index is 0.000000171. The van der Waals surface area contributed by atoms with Crippen LogP contribution in [0.5, 0.6) is 0 Å². The number of carbonyl (C=O) groups excluding carboxylic acids is 2. The molecule has 1 unspecified atom stereocenters. The normalized spacial score (nSPS) is 22.8. The Bertz CT molecular complexity index is 1240. The third-order valence-electron chi connectivity index (χ3n) is 10.4. The molecule has 43 heavy (non-hydrogen) atoms. The summed E-state index contributed by atoms with van der Waals surface area (Å²) in [5.74, 6) is 0.652. The highest BCUT2D eigenvalue weighted by Crippen LogP contribution is 2.40. The molecule has 2 heterocycles. The van der Waals surface area contributed by atoms with Crippen molar-refractivity contribution >= 4 is 34.1 Å². The molecule has 2 aromatic rings. The van der Waals surface area contributed by atoms with Crippen molar-refractivity contribution in [2.75, 3.05) is 38.7 Å². The first kappa shape index (κ1) is 32.6. The van der Waals surface area contributed by atoms with E-state index in [4.69, 9.17) is 0 Å². The second-order valence-corrected chi connectivity index (χ2v) is 15.2. The molecule has 1 atom stereocenters. The molecule has 5 nitrogen and oxygen atoms in total. The molecule has 2 saturated carbocycles. The van der Waals surface area contributed by atoms with E-state index in [-0.39, 0.29) is 16.9 Å². The fourth-order valence-corrected chi connectivity index (χ4v) is 8.94. The van der Waals surface area contributed by atoms with Gasteiger partial charge in [0.2, 0.25) is 0 Å². The predicted molar refractivity (Wildman–Crippen MR) is 179 cm³/mol. The lowest BCUT2D eigenvalue weighted by molar-refractivity contribution is 0.0470. The summed E-state index contributed by atoms with van der Waals surface area (Å²) in [5, 5.41) is 0. The highest BCUT2D eigenvalue weighted by atomic mass is 32.2. The Morgan fingerprint density at radius 2 is 0.977 bits per heavy atom. The maximum Gasteiger partial charge on any atom is 0.183 e. The Hall–Kier alpha value is -1.80. The zero-order chi connectivity index (χ0) is 30.3. The Kier molecular flexibility index (Phi) is 11.4. The van der Waals surface area contributed by atoms with Gasteiger partial charge >= 0.3 is 0 Å². The van der Waals surface area contributed by atoms with Crippen LogP contribution in [0.4, 0.5) is 0 Å². The van der Waals surface area contributed by atoms with Gasteiger partial charge < -0.3 is 0 Å². The Morgan fingerprint density at radius 1 is 0.605 bits per heavy atom. The van der Waals surface area contributed by atoms with Gasteiger partial charge in [-0.05, 0) is 108 Å². The van der Waals surface area contributed by atoms with Crippen LogP contribution < -0.4 is 0 Å². The first-order valence-corrected chi connectivity index (χ1v) is 19.4. The minimum absolute atomic E-state index is 0.199. The van der Waals surface area contributed by atoms with Crippen molar-refractivity contribution in [3.63, 3.8) is 0 Å². The van der Waals surface area contributed by atoms with Crippen molar-refractivity contribution < 1.29 is 13.8 Å². The number of hydrogen-bond acceptors (Lipinski definition) is 6. The number of ketones is 2. The predicted octanol–water partition coefficient (Wildman–Crippen LogP) is 7.80. The highest BCUT2D eigenvalue weighted by Gasteiger charge is 2.46. The zero-order valence-corrected chi connectivity index (χ0v) is 27.9. The summed E-state index contributed by atoms with van der Waals surface area (Å²) in [6.45, 7) is 4.33. The van der Waals surface area contributed by atoms with Gasteiger partial charge in [-0.3, -0.25) is 23.6 Å². The molecule has 2 aliphatic carbocycles. The van der Waals surface area contributed by atoms with E-state index in [0.29, 0.717) is 5.78 Å². The molecule has 6 rings (SSSR count). The molecular weight excluding hydrogens is 573 g/mol. The van der Waals surface area contributed by atoms with Gasteiger partial charge in [0.1, 0.15) is 0 Å². The van der Waals surface area contributed by atoms with Gasteiger partial charge in [0.05, 0.1) is 11.1 Å². The average molecular weight is 623 g/mol. The average Bonchev–Trinajstić information content (AvgIpc) is 3.81. The van der Waals surface area contributed by atoms with Gasteiger partial charge in [-0.1, -0.05) is 62.8 Å². The Labute approximate surface area is 266 Å². The lowest BCUT2D eigenvalue weighted by Gasteiger charge is -2.43. The zero-order valence-electron chi connectivity index (χ0n) is 26.3. The van der Waals surface area contributed by atoms with Crippen LogP contribution in [-0.2, 0) is 10.8 Å². The van der Waals surface area contributed by atoms with E-state index in [2.05, 4.69) is 28.2 Å². The molecule has 0 amide bonds. The van der Waals surface area contributed by atoms with Crippen molar-refractivity contribution in [2.24, 2.45) is 0 Å². The first-order valence-electron chi connectivity index (χ1n) is 16.6. The maximum atomic E-state index is 13.3. The van der Waals surface area contributed by atoms with E-state index in [1.807, 2.05) is 36.4 Å². The molecule has 4 aliphatic rings. The number of likely N-dealkylation sites (tertiary alicyclic amines) is 2. The standard InChI is InChI=1S/C18H25NO2S.C18H25NOS/c1-22(21)16-9-7-15(8-10-16)17(20)18(11-3-2-4-12-18)19-13-5-6-14-19;1-21-16-9-7-15(8-10-16)17(20)18(11-3-2-4-12-18)19-13-5-6-14-19/h7-10H,2-6,11-14H2,1H3;7-10H,2-6,11-14H2,1H3. The maximum absolute atomic E-state index is 13.3. The number of rotatable bonds is 8. The molecular formula is C36H50N2O3S2. The summed E-state index contributed by atoms with van der Waals surface area (Å²) in [5.41, 5.74) is 1.21. The van der Waals surface area contributed by atoms with E-state index >= 15 is 0 Å². The van der Waals surface area contributed by atoms with E-state index < -0.39 is 10.8 Å². The molecule has 2 aromatic carbocycles. The van der Waals surface area contributed by atoms with Crippen molar-refractivity contribution in [2.45, 2.75) is 111 Å². The summed E-state index contributed by atoms with van der Waals surface area (Å²) < 4.78 is 11.5. The summed E-state index contributed by atoms with van der Waals surface area (Å²) in [4.78, 5) is 33.5. The third kappa shape index (κ3) is 7.21. The van der Waals surface area contributed by atoms with Crippen LogP contribution in [-0.4, -0.2) is 75.3 Å². The van der Waals surface area contributed by atoms with Crippen LogP contribution >= 0.6 is 11.8 Å². The first-order chi connectivity index (χ1) is 20.9. The molecule has 4 fully saturated rings. The van der Waals surface area contributed by atoms with Crippen LogP contribution in [0.3, 0.4) is 0 Å². The summed E-state index contributed by atoms with van der Waals surface area (Å²) in [7, 11) is -0.989. The van der Waals surface area contributed by atoms with Gasteiger partial charge in [0.15, 0.2) is 11.6 Å². The monoisotopic (exact) mass is 622 g/mol. The van der Waals surface area contributed by atoms with Crippen molar-refractivity contribution in [1.82, 2.24) is 9.80 Å². The molecule has 2 saturated heterocycles. The second kappa shape index (κ2) is 15.0. The van der Waals surface area contributed by atoms with Crippen molar-refractivity contribution in [1.29, 1.82) is 0 Å². The molecule has 0 aromatic heterocycles. The number of hydrogen-bond donors (Lipinski definition) is 0. The number of nitrogens with zero attached hydrogens (tertiary/aromatic N) is 2. The molecule has 0 spiro atoms. The molecule has 2 aliphatic heterocycles. The number of Topliss-reactive ketones (excluding diaryl/α,β-unsaturated/α-hetero) is 2. The smallest absolute Gasteiger partial charge is 0.183 e. The molecule has 234 valence electrons. The van der Waals surface area contributed by atoms with Gasteiger partial charge in [-0.25, -0.2) is 0 Å². The summed E-state index contributed by atoms with van der Waals surface area (Å²) in [6.07, 6.45) is 20.0. The van der Waals surface area contributed by atoms with E-state index in [1.165, 1.54) is 56.3 Å². The topological polar surface area (TPSA) is 57.7 Å². The number of benzene rings is 2. The van der Waals surface area contributed by atoms with Crippen LogP contribution in [0.15, 0.2) is 58.3 Å². The molecule has 0 radical (unpaired) electrons. The SMILES string of the molecule is CS(=O)c1ccc(C(=O)C2(N3CCCC3)CCCCC2)cc1.CSc1ccc(C(=O)C2(N3CCCC3)CCCCC2)cc1. The van der Waals surface area contributed by atoms with Crippen LogP contribution in [0.25, 0.3) is 0 Å². The van der Waals surface area contributed by atoms with Gasteiger partial charge in [-0.15, -0.1) is 11.8 Å². The molecule has 0 N–H and O–H groups in total. The Morgan fingerprint density at radius 3 is 1.33 bits per heavy atom. The van der Waals surface area contributed by atoms with E-state index in [0.717, 1.165) is 80.7 Å². The number of carbonyl (C=O) groups is 2. The summed E-state index contributed by atoms with van der Waals surface area (Å²) >= 11 is 1.73. The van der Waals surface area contributed by atoms with E-state index in [9.17, 15) is 13.8 Å². The largest absolute Gasteiger partial charge is 0.292 e. The fraction of sp³-hybridized carbons (Fsp3) is 0.611. The van der Waals surface area contributed by atoms with Crippen molar-refractivity contribution in [3.8, 4) is 0 Å². The van der Waals surface area contributed by atoms with Crippen LogP contribution in [0, 0.1) is 0 Å². The lowest BCUT2D eigenvalue weighted by Crippen LogP contribution is -2.54. The van der Waals surface area contributed by atoms with Crippen LogP contribution in [0.2, 0.25) is 0 Å². The molecule has 0 bridgehead atoms. The van der Waals surface area contributed by atoms with Gasteiger partial charge in [0, 0.05) is 38.0 Å². The summed E-state index contributed by atoms with van der Waals surface area (Å²) in [6, 6.07) is 15.6. The highest BCUT2D eigenvalue weighted by molar-refractivity contribution is 7.98. The van der Waals surface area contributed by atoms with Gasteiger partial charge in [0.25, 0.3) is 0 Å². The quantitative estimate of drug-likeness (QED) is 0.221. The minimum Gasteiger partial charge on any atom is -0.292 e.